The maximum atomic E-state index is 12.3. The molecule has 0 unspecified atom stereocenters. The number of hydrogen-bond donors (Lipinski definition) is 1. The van der Waals surface area contributed by atoms with Crippen LogP contribution in [0.15, 0.2) is 42.6 Å². The zero-order valence-electron chi connectivity index (χ0n) is 15.1. The van der Waals surface area contributed by atoms with Crippen LogP contribution in [0.25, 0.3) is 0 Å². The van der Waals surface area contributed by atoms with Crippen LogP contribution >= 0.6 is 0 Å². The lowest BCUT2D eigenvalue weighted by Crippen LogP contribution is -2.31. The normalized spacial score (nSPS) is 14.0. The minimum atomic E-state index is -0.107. The molecule has 6 heteroatoms. The van der Waals surface area contributed by atoms with Gasteiger partial charge in [0.15, 0.2) is 0 Å². The zero-order chi connectivity index (χ0) is 18.2. The molecule has 1 aromatic heterocycles. The summed E-state index contributed by atoms with van der Waals surface area (Å²) >= 11 is 0. The van der Waals surface area contributed by atoms with Crippen LogP contribution < -0.4 is 19.7 Å². The summed E-state index contributed by atoms with van der Waals surface area (Å²) in [7, 11) is 1.63. The standard InChI is InChI=1S/C20H25N3O3/c1-25-17-5-7-18(8-6-17)26-14-11-22-20(24)16-9-10-21-19(15-16)23-12-3-2-4-13-23/h5-10,15H,2-4,11-14H2,1H3,(H,22,24). The molecule has 0 aliphatic carbocycles. The number of carbonyl (C=O) groups excluding carboxylic acids is 1. The predicted octanol–water partition coefficient (Wildman–Crippen LogP) is 2.89. The third-order valence-corrected chi connectivity index (χ3v) is 4.40. The number of piperidine rings is 1. The number of anilines is 1. The van der Waals surface area contributed by atoms with Crippen LogP contribution in [-0.2, 0) is 0 Å². The molecule has 6 nitrogen and oxygen atoms in total. The smallest absolute Gasteiger partial charge is 0.251 e. The number of rotatable bonds is 7. The maximum absolute atomic E-state index is 12.3. The SMILES string of the molecule is COc1ccc(OCCNC(=O)c2ccnc(N3CCCCC3)c2)cc1. The van der Waals surface area contributed by atoms with Gasteiger partial charge in [-0.3, -0.25) is 4.79 Å². The van der Waals surface area contributed by atoms with Crippen LogP contribution in [0.3, 0.4) is 0 Å². The van der Waals surface area contributed by atoms with Gasteiger partial charge in [0.25, 0.3) is 5.91 Å². The van der Waals surface area contributed by atoms with E-state index in [1.54, 1.807) is 19.4 Å². The number of ether oxygens (including phenoxy) is 2. The molecule has 2 aromatic rings. The largest absolute Gasteiger partial charge is 0.497 e. The average molecular weight is 355 g/mol. The van der Waals surface area contributed by atoms with Crippen molar-refractivity contribution >= 4 is 11.7 Å². The van der Waals surface area contributed by atoms with Crippen molar-refractivity contribution in [3.8, 4) is 11.5 Å². The van der Waals surface area contributed by atoms with E-state index in [1.165, 1.54) is 19.3 Å². The predicted molar refractivity (Wildman–Crippen MR) is 101 cm³/mol. The van der Waals surface area contributed by atoms with E-state index in [2.05, 4.69) is 15.2 Å². The molecule has 2 heterocycles. The molecule has 1 amide bonds. The Bertz CT molecular complexity index is 712. The van der Waals surface area contributed by atoms with Crippen molar-refractivity contribution in [3.63, 3.8) is 0 Å². The molecular formula is C20H25N3O3. The highest BCUT2D eigenvalue weighted by atomic mass is 16.5. The minimum Gasteiger partial charge on any atom is -0.497 e. The molecule has 3 rings (SSSR count). The van der Waals surface area contributed by atoms with E-state index in [0.29, 0.717) is 18.7 Å². The van der Waals surface area contributed by atoms with Gasteiger partial charge >= 0.3 is 0 Å². The van der Waals surface area contributed by atoms with Crippen LogP contribution in [-0.4, -0.2) is 44.2 Å². The Hall–Kier alpha value is -2.76. The molecule has 1 aromatic carbocycles. The first-order valence-electron chi connectivity index (χ1n) is 9.02. The van der Waals surface area contributed by atoms with Gasteiger partial charge in [0, 0.05) is 24.8 Å². The van der Waals surface area contributed by atoms with E-state index in [-0.39, 0.29) is 5.91 Å². The Morgan fingerprint density at radius 2 is 1.85 bits per heavy atom. The minimum absolute atomic E-state index is 0.107. The highest BCUT2D eigenvalue weighted by Gasteiger charge is 2.14. The number of aromatic nitrogens is 1. The summed E-state index contributed by atoms with van der Waals surface area (Å²) in [6.45, 7) is 2.86. The number of amides is 1. The maximum Gasteiger partial charge on any atom is 0.251 e. The molecule has 0 spiro atoms. The van der Waals surface area contributed by atoms with Gasteiger partial charge in [0.2, 0.25) is 0 Å². The van der Waals surface area contributed by atoms with E-state index in [0.717, 1.165) is 30.4 Å². The van der Waals surface area contributed by atoms with E-state index in [1.807, 2.05) is 30.3 Å². The van der Waals surface area contributed by atoms with Crippen LogP contribution in [0, 0.1) is 0 Å². The van der Waals surface area contributed by atoms with Crippen LogP contribution in [0.1, 0.15) is 29.6 Å². The Labute approximate surface area is 154 Å². The molecule has 0 bridgehead atoms. The van der Waals surface area contributed by atoms with E-state index < -0.39 is 0 Å². The number of benzene rings is 1. The van der Waals surface area contributed by atoms with Gasteiger partial charge in [-0.2, -0.15) is 0 Å². The summed E-state index contributed by atoms with van der Waals surface area (Å²) in [6, 6.07) is 11.0. The summed E-state index contributed by atoms with van der Waals surface area (Å²) in [5, 5.41) is 2.89. The number of carbonyl (C=O) groups is 1. The Morgan fingerprint density at radius 1 is 1.12 bits per heavy atom. The van der Waals surface area contributed by atoms with Crippen molar-refractivity contribution in [2.75, 3.05) is 38.3 Å². The van der Waals surface area contributed by atoms with Crippen LogP contribution in [0.5, 0.6) is 11.5 Å². The molecule has 1 aliphatic rings. The molecule has 0 saturated carbocycles. The Kier molecular flexibility index (Phi) is 6.30. The monoisotopic (exact) mass is 355 g/mol. The topological polar surface area (TPSA) is 63.7 Å². The molecule has 1 N–H and O–H groups in total. The molecule has 0 atom stereocenters. The van der Waals surface area contributed by atoms with Gasteiger partial charge in [-0.05, 0) is 55.7 Å². The fourth-order valence-electron chi connectivity index (χ4n) is 2.96. The van der Waals surface area contributed by atoms with E-state index >= 15 is 0 Å². The zero-order valence-corrected chi connectivity index (χ0v) is 15.1. The van der Waals surface area contributed by atoms with Crippen LogP contribution in [0.4, 0.5) is 5.82 Å². The van der Waals surface area contributed by atoms with Crippen molar-refractivity contribution in [2.45, 2.75) is 19.3 Å². The number of methoxy groups -OCH3 is 1. The van der Waals surface area contributed by atoms with Crippen molar-refractivity contribution in [1.29, 1.82) is 0 Å². The first-order valence-corrected chi connectivity index (χ1v) is 9.02. The second-order valence-corrected chi connectivity index (χ2v) is 6.23. The van der Waals surface area contributed by atoms with E-state index in [9.17, 15) is 4.79 Å². The van der Waals surface area contributed by atoms with Crippen molar-refractivity contribution in [1.82, 2.24) is 10.3 Å². The molecule has 138 valence electrons. The Morgan fingerprint density at radius 3 is 2.58 bits per heavy atom. The van der Waals surface area contributed by atoms with Gasteiger partial charge in [0.05, 0.1) is 13.7 Å². The third kappa shape index (κ3) is 4.88. The second-order valence-electron chi connectivity index (χ2n) is 6.23. The quantitative estimate of drug-likeness (QED) is 0.774. The summed E-state index contributed by atoms with van der Waals surface area (Å²) in [4.78, 5) is 19.0. The molecule has 0 radical (unpaired) electrons. The summed E-state index contributed by atoms with van der Waals surface area (Å²) in [5.41, 5.74) is 0.630. The summed E-state index contributed by atoms with van der Waals surface area (Å²) in [5.74, 6) is 2.31. The van der Waals surface area contributed by atoms with Crippen molar-refractivity contribution in [3.05, 3.63) is 48.2 Å². The number of pyridine rings is 1. The van der Waals surface area contributed by atoms with Gasteiger partial charge < -0.3 is 19.7 Å². The average Bonchev–Trinajstić information content (AvgIpc) is 2.72. The van der Waals surface area contributed by atoms with Crippen LogP contribution in [0.2, 0.25) is 0 Å². The van der Waals surface area contributed by atoms with E-state index in [4.69, 9.17) is 9.47 Å². The second kappa shape index (κ2) is 9.08. The van der Waals surface area contributed by atoms with Gasteiger partial charge in [0.1, 0.15) is 23.9 Å². The summed E-state index contributed by atoms with van der Waals surface area (Å²) in [6.07, 6.45) is 5.33. The lowest BCUT2D eigenvalue weighted by molar-refractivity contribution is 0.0947. The van der Waals surface area contributed by atoms with Crippen molar-refractivity contribution in [2.24, 2.45) is 0 Å². The fourth-order valence-corrected chi connectivity index (χ4v) is 2.96. The molecular weight excluding hydrogens is 330 g/mol. The highest BCUT2D eigenvalue weighted by molar-refractivity contribution is 5.94. The number of hydrogen-bond acceptors (Lipinski definition) is 5. The molecule has 1 fully saturated rings. The number of nitrogens with zero attached hydrogens (tertiary/aromatic N) is 2. The Balaban J connectivity index is 1.47. The molecule has 1 saturated heterocycles. The van der Waals surface area contributed by atoms with Gasteiger partial charge in [-0.15, -0.1) is 0 Å². The highest BCUT2D eigenvalue weighted by Crippen LogP contribution is 2.18. The lowest BCUT2D eigenvalue weighted by Gasteiger charge is -2.27. The fraction of sp³-hybridized carbons (Fsp3) is 0.400. The molecule has 26 heavy (non-hydrogen) atoms. The number of nitrogens with one attached hydrogen (secondary N) is 1. The lowest BCUT2D eigenvalue weighted by atomic mass is 10.1. The van der Waals surface area contributed by atoms with Crippen molar-refractivity contribution < 1.29 is 14.3 Å². The molecule has 1 aliphatic heterocycles. The summed E-state index contributed by atoms with van der Waals surface area (Å²) < 4.78 is 10.7. The van der Waals surface area contributed by atoms with Gasteiger partial charge in [-0.1, -0.05) is 0 Å². The third-order valence-electron chi connectivity index (χ3n) is 4.40. The first-order chi connectivity index (χ1) is 12.8. The first kappa shape index (κ1) is 18.0. The van der Waals surface area contributed by atoms with Gasteiger partial charge in [-0.25, -0.2) is 4.98 Å².